The maximum atomic E-state index is 12.2. The van der Waals surface area contributed by atoms with E-state index in [4.69, 9.17) is 9.47 Å². The zero-order valence-electron chi connectivity index (χ0n) is 20.2. The minimum Gasteiger partial charge on any atom is -0.463 e. The number of hydrogen-bond acceptors (Lipinski definition) is 3. The number of rotatable bonds is 23. The highest BCUT2D eigenvalue weighted by atomic mass is 16.6. The Bertz CT molecular complexity index is 330. The minimum atomic E-state index is -0.0272. The molecule has 1 unspecified atom stereocenters. The zero-order chi connectivity index (χ0) is 21.4. The summed E-state index contributed by atoms with van der Waals surface area (Å²) in [6.45, 7) is 8.30. The van der Waals surface area contributed by atoms with Crippen molar-refractivity contribution in [2.75, 3.05) is 19.8 Å². The molecular formula is C26H52O3. The topological polar surface area (TPSA) is 35.5 Å². The fraction of sp³-hybridized carbons (Fsp3) is 0.962. The van der Waals surface area contributed by atoms with Crippen molar-refractivity contribution < 1.29 is 14.3 Å². The molecule has 0 spiro atoms. The molecule has 1 atom stereocenters. The normalized spacial score (nSPS) is 12.2. The van der Waals surface area contributed by atoms with Crippen LogP contribution in [0, 0.1) is 5.92 Å². The lowest BCUT2D eigenvalue weighted by Crippen LogP contribution is -2.15. The van der Waals surface area contributed by atoms with Gasteiger partial charge in [-0.05, 0) is 25.2 Å². The van der Waals surface area contributed by atoms with Crippen molar-refractivity contribution in [2.24, 2.45) is 5.92 Å². The summed E-state index contributed by atoms with van der Waals surface area (Å²) in [5.41, 5.74) is 0. The molecule has 0 aromatic rings. The average molecular weight is 413 g/mol. The first kappa shape index (κ1) is 28.4. The lowest BCUT2D eigenvalue weighted by molar-refractivity contribution is -0.146. The van der Waals surface area contributed by atoms with E-state index in [2.05, 4.69) is 20.8 Å². The third-order valence-corrected chi connectivity index (χ3v) is 5.73. The van der Waals surface area contributed by atoms with Gasteiger partial charge in [0.1, 0.15) is 6.61 Å². The van der Waals surface area contributed by atoms with E-state index in [-0.39, 0.29) is 5.97 Å². The average Bonchev–Trinajstić information content (AvgIpc) is 2.72. The molecule has 0 fully saturated rings. The Morgan fingerprint density at radius 2 is 1.07 bits per heavy atom. The monoisotopic (exact) mass is 412 g/mol. The summed E-state index contributed by atoms with van der Waals surface area (Å²) in [4.78, 5) is 12.2. The highest BCUT2D eigenvalue weighted by Gasteiger charge is 2.15. The second-order valence-corrected chi connectivity index (χ2v) is 8.72. The Hall–Kier alpha value is -0.570. The number of unbranched alkanes of at least 4 members (excludes halogenated alkanes) is 12. The largest absolute Gasteiger partial charge is 0.463 e. The lowest BCUT2D eigenvalue weighted by Gasteiger charge is -2.16. The van der Waals surface area contributed by atoms with Crippen LogP contribution < -0.4 is 0 Å². The molecular weight excluding hydrogens is 360 g/mol. The minimum absolute atomic E-state index is 0.0272. The molecule has 0 aliphatic rings. The molecule has 0 aliphatic carbocycles. The van der Waals surface area contributed by atoms with Crippen LogP contribution in [0.25, 0.3) is 0 Å². The van der Waals surface area contributed by atoms with Gasteiger partial charge in [0, 0.05) is 13.0 Å². The van der Waals surface area contributed by atoms with Crippen molar-refractivity contribution in [3.05, 3.63) is 0 Å². The van der Waals surface area contributed by atoms with E-state index in [1.54, 1.807) is 0 Å². The maximum Gasteiger partial charge on any atom is 0.306 e. The van der Waals surface area contributed by atoms with Crippen LogP contribution >= 0.6 is 0 Å². The van der Waals surface area contributed by atoms with Crippen LogP contribution in [0.5, 0.6) is 0 Å². The van der Waals surface area contributed by atoms with Crippen LogP contribution in [0.15, 0.2) is 0 Å². The van der Waals surface area contributed by atoms with Gasteiger partial charge < -0.3 is 9.47 Å². The molecule has 0 bridgehead atoms. The molecule has 3 heteroatoms. The maximum absolute atomic E-state index is 12.2. The Labute approximate surface area is 182 Å². The molecule has 0 heterocycles. The molecule has 0 saturated carbocycles. The Morgan fingerprint density at radius 1 is 0.586 bits per heavy atom. The van der Waals surface area contributed by atoms with Gasteiger partial charge in [-0.25, -0.2) is 0 Å². The van der Waals surface area contributed by atoms with Crippen LogP contribution in [0.1, 0.15) is 136 Å². The van der Waals surface area contributed by atoms with Gasteiger partial charge in [-0.2, -0.15) is 0 Å². The molecule has 0 N–H and O–H groups in total. The molecule has 3 nitrogen and oxygen atoms in total. The van der Waals surface area contributed by atoms with Crippen LogP contribution in [0.4, 0.5) is 0 Å². The van der Waals surface area contributed by atoms with Gasteiger partial charge in [-0.1, -0.05) is 111 Å². The zero-order valence-corrected chi connectivity index (χ0v) is 20.2. The summed E-state index contributed by atoms with van der Waals surface area (Å²) < 4.78 is 10.8. The van der Waals surface area contributed by atoms with E-state index >= 15 is 0 Å². The SMILES string of the molecule is CCCCCCCCCCC(CCCCCCCC)CC(=O)OCCOCCC. The predicted octanol–water partition coefficient (Wildman–Crippen LogP) is 8.24. The van der Waals surface area contributed by atoms with Crippen molar-refractivity contribution in [2.45, 2.75) is 136 Å². The summed E-state index contributed by atoms with van der Waals surface area (Å²) in [7, 11) is 0. The van der Waals surface area contributed by atoms with Gasteiger partial charge in [0.2, 0.25) is 0 Å². The van der Waals surface area contributed by atoms with E-state index in [1.165, 1.54) is 103 Å². The quantitative estimate of drug-likeness (QED) is 0.125. The third-order valence-electron chi connectivity index (χ3n) is 5.73. The fourth-order valence-corrected chi connectivity index (χ4v) is 3.88. The van der Waals surface area contributed by atoms with Crippen LogP contribution in [-0.4, -0.2) is 25.8 Å². The van der Waals surface area contributed by atoms with Crippen molar-refractivity contribution in [3.8, 4) is 0 Å². The van der Waals surface area contributed by atoms with Crippen LogP contribution in [0.2, 0.25) is 0 Å². The second kappa shape index (κ2) is 23.7. The smallest absolute Gasteiger partial charge is 0.306 e. The van der Waals surface area contributed by atoms with Gasteiger partial charge >= 0.3 is 5.97 Å². The number of carbonyl (C=O) groups is 1. The van der Waals surface area contributed by atoms with Crippen LogP contribution in [0.3, 0.4) is 0 Å². The Morgan fingerprint density at radius 3 is 1.55 bits per heavy atom. The summed E-state index contributed by atoms with van der Waals surface area (Å²) >= 11 is 0. The molecule has 0 aromatic heterocycles. The molecule has 174 valence electrons. The van der Waals surface area contributed by atoms with Crippen molar-refractivity contribution in [1.82, 2.24) is 0 Å². The summed E-state index contributed by atoms with van der Waals surface area (Å²) in [5.74, 6) is 0.478. The van der Waals surface area contributed by atoms with E-state index in [9.17, 15) is 4.79 Å². The first-order chi connectivity index (χ1) is 14.2. The number of esters is 1. The Kier molecular flexibility index (Phi) is 23.2. The van der Waals surface area contributed by atoms with E-state index in [1.807, 2.05) is 0 Å². The lowest BCUT2D eigenvalue weighted by atomic mass is 9.91. The second-order valence-electron chi connectivity index (χ2n) is 8.72. The van der Waals surface area contributed by atoms with Crippen molar-refractivity contribution in [1.29, 1.82) is 0 Å². The summed E-state index contributed by atoms with van der Waals surface area (Å²) in [5, 5.41) is 0. The summed E-state index contributed by atoms with van der Waals surface area (Å²) in [6.07, 6.45) is 22.7. The van der Waals surface area contributed by atoms with Crippen molar-refractivity contribution in [3.63, 3.8) is 0 Å². The van der Waals surface area contributed by atoms with Gasteiger partial charge in [0.25, 0.3) is 0 Å². The molecule has 0 aliphatic heterocycles. The highest BCUT2D eigenvalue weighted by molar-refractivity contribution is 5.69. The predicted molar refractivity (Wildman–Crippen MR) is 125 cm³/mol. The van der Waals surface area contributed by atoms with E-state index in [0.717, 1.165) is 13.0 Å². The first-order valence-corrected chi connectivity index (χ1v) is 13.0. The summed E-state index contributed by atoms with van der Waals surface area (Å²) in [6, 6.07) is 0. The Balaban J connectivity index is 3.99. The van der Waals surface area contributed by atoms with Gasteiger partial charge in [0.15, 0.2) is 0 Å². The number of hydrogen-bond donors (Lipinski definition) is 0. The molecule has 29 heavy (non-hydrogen) atoms. The third kappa shape index (κ3) is 21.9. The fourth-order valence-electron chi connectivity index (χ4n) is 3.88. The van der Waals surface area contributed by atoms with Crippen molar-refractivity contribution >= 4 is 5.97 Å². The molecule has 0 rings (SSSR count). The number of carbonyl (C=O) groups excluding carboxylic acids is 1. The van der Waals surface area contributed by atoms with E-state index in [0.29, 0.717) is 25.6 Å². The molecule has 0 saturated heterocycles. The molecule has 0 amide bonds. The molecule has 0 aromatic carbocycles. The van der Waals surface area contributed by atoms with Gasteiger partial charge in [-0.15, -0.1) is 0 Å². The number of ether oxygens (including phenoxy) is 2. The van der Waals surface area contributed by atoms with Crippen LogP contribution in [-0.2, 0) is 14.3 Å². The highest BCUT2D eigenvalue weighted by Crippen LogP contribution is 2.22. The first-order valence-electron chi connectivity index (χ1n) is 13.0. The molecule has 0 radical (unpaired) electrons. The standard InChI is InChI=1S/C26H52O3/c1-4-7-9-11-13-14-16-18-20-25(19-17-15-12-10-8-5-2)24-26(27)29-23-22-28-21-6-3/h25H,4-24H2,1-3H3. The van der Waals surface area contributed by atoms with Gasteiger partial charge in [0.05, 0.1) is 6.61 Å². The van der Waals surface area contributed by atoms with E-state index < -0.39 is 0 Å². The van der Waals surface area contributed by atoms with Gasteiger partial charge in [-0.3, -0.25) is 4.79 Å².